The molecule has 3 nitrogen and oxygen atoms in total. The van der Waals surface area contributed by atoms with Crippen LogP contribution in [0.2, 0.25) is 0 Å². The van der Waals surface area contributed by atoms with E-state index in [4.69, 9.17) is 0 Å². The third-order valence-electron chi connectivity index (χ3n) is 1.55. The van der Waals surface area contributed by atoms with Crippen LogP contribution >= 0.6 is 11.8 Å². The van der Waals surface area contributed by atoms with Gasteiger partial charge in [-0.25, -0.2) is 5.48 Å². The number of amides is 1. The molecule has 1 aromatic carbocycles. The Kier molecular flexibility index (Phi) is 3.79. The Balaban J connectivity index is 2.92. The Morgan fingerprint density at radius 3 is 2.77 bits per heavy atom. The van der Waals surface area contributed by atoms with E-state index in [1.165, 1.54) is 18.9 Å². The summed E-state index contributed by atoms with van der Waals surface area (Å²) in [5.41, 5.74) is 2.92. The first kappa shape index (κ1) is 10.1. The number of thioether (sulfide) groups is 1. The van der Waals surface area contributed by atoms with Crippen LogP contribution in [0.15, 0.2) is 29.2 Å². The number of hydrogen-bond donors (Lipinski definition) is 1. The van der Waals surface area contributed by atoms with E-state index in [0.29, 0.717) is 5.56 Å². The number of benzene rings is 1. The van der Waals surface area contributed by atoms with Crippen LogP contribution in [0.4, 0.5) is 0 Å². The topological polar surface area (TPSA) is 38.3 Å². The van der Waals surface area contributed by atoms with Crippen LogP contribution in [-0.2, 0) is 4.84 Å². The fourth-order valence-corrected chi connectivity index (χ4v) is 1.58. The molecule has 0 fully saturated rings. The van der Waals surface area contributed by atoms with Crippen molar-refractivity contribution in [3.05, 3.63) is 29.8 Å². The molecule has 0 atom stereocenters. The first-order valence-electron chi connectivity index (χ1n) is 3.76. The van der Waals surface area contributed by atoms with Gasteiger partial charge in [-0.15, -0.1) is 11.8 Å². The fraction of sp³-hybridized carbons (Fsp3) is 0.222. The van der Waals surface area contributed by atoms with Gasteiger partial charge < -0.3 is 0 Å². The van der Waals surface area contributed by atoms with E-state index < -0.39 is 0 Å². The summed E-state index contributed by atoms with van der Waals surface area (Å²) < 4.78 is 0. The quantitative estimate of drug-likeness (QED) is 0.592. The van der Waals surface area contributed by atoms with Gasteiger partial charge in [0, 0.05) is 4.90 Å². The zero-order valence-electron chi connectivity index (χ0n) is 7.53. The maximum Gasteiger partial charge on any atom is 0.275 e. The van der Waals surface area contributed by atoms with Gasteiger partial charge in [-0.2, -0.15) is 0 Å². The van der Waals surface area contributed by atoms with Gasteiger partial charge >= 0.3 is 0 Å². The van der Waals surface area contributed by atoms with Gasteiger partial charge in [0.25, 0.3) is 5.91 Å². The van der Waals surface area contributed by atoms with Crippen molar-refractivity contribution in [1.82, 2.24) is 5.48 Å². The van der Waals surface area contributed by atoms with Crippen molar-refractivity contribution < 1.29 is 9.63 Å². The minimum Gasteiger partial charge on any atom is -0.277 e. The molecule has 0 saturated carbocycles. The first-order chi connectivity index (χ1) is 6.29. The van der Waals surface area contributed by atoms with Crippen LogP contribution in [-0.4, -0.2) is 19.3 Å². The van der Waals surface area contributed by atoms with Gasteiger partial charge in [0.15, 0.2) is 0 Å². The summed E-state index contributed by atoms with van der Waals surface area (Å²) in [6, 6.07) is 7.38. The molecule has 0 unspecified atom stereocenters. The summed E-state index contributed by atoms with van der Waals surface area (Å²) in [5, 5.41) is 0. The third kappa shape index (κ3) is 2.47. The van der Waals surface area contributed by atoms with Crippen molar-refractivity contribution in [2.75, 3.05) is 13.4 Å². The highest BCUT2D eigenvalue weighted by Crippen LogP contribution is 2.19. The van der Waals surface area contributed by atoms with Crippen molar-refractivity contribution in [2.45, 2.75) is 4.90 Å². The molecule has 1 aromatic rings. The molecule has 1 N–H and O–H groups in total. The van der Waals surface area contributed by atoms with E-state index in [1.54, 1.807) is 6.07 Å². The van der Waals surface area contributed by atoms with Crippen LogP contribution in [0, 0.1) is 0 Å². The molecule has 0 aliphatic rings. The van der Waals surface area contributed by atoms with Gasteiger partial charge in [0.1, 0.15) is 0 Å². The monoisotopic (exact) mass is 197 g/mol. The Morgan fingerprint density at radius 2 is 2.15 bits per heavy atom. The Morgan fingerprint density at radius 1 is 1.46 bits per heavy atom. The highest BCUT2D eigenvalue weighted by molar-refractivity contribution is 7.98. The second-order valence-electron chi connectivity index (χ2n) is 2.34. The third-order valence-corrected chi connectivity index (χ3v) is 2.34. The molecule has 0 saturated heterocycles. The number of hydroxylamine groups is 1. The second kappa shape index (κ2) is 4.89. The van der Waals surface area contributed by atoms with Crippen LogP contribution in [0.1, 0.15) is 10.4 Å². The molecule has 0 aromatic heterocycles. The predicted octanol–water partition coefficient (Wildman–Crippen LogP) is 1.70. The molecule has 0 radical (unpaired) electrons. The minimum atomic E-state index is -0.215. The molecule has 4 heteroatoms. The summed E-state index contributed by atoms with van der Waals surface area (Å²) in [6.07, 6.45) is 1.93. The molecule has 0 spiro atoms. The number of carbonyl (C=O) groups is 1. The maximum absolute atomic E-state index is 11.4. The van der Waals surface area contributed by atoms with Crippen LogP contribution in [0.5, 0.6) is 0 Å². The van der Waals surface area contributed by atoms with Crippen molar-refractivity contribution in [3.63, 3.8) is 0 Å². The Hall–Kier alpha value is -1.00. The van der Waals surface area contributed by atoms with E-state index in [0.717, 1.165) is 4.90 Å². The zero-order valence-corrected chi connectivity index (χ0v) is 8.35. The number of carbonyl (C=O) groups excluding carboxylic acids is 1. The normalized spacial score (nSPS) is 9.69. The van der Waals surface area contributed by atoms with E-state index >= 15 is 0 Å². The minimum absolute atomic E-state index is 0.215. The summed E-state index contributed by atoms with van der Waals surface area (Å²) in [5.74, 6) is -0.215. The molecule has 0 aliphatic heterocycles. The van der Waals surface area contributed by atoms with E-state index in [1.807, 2.05) is 24.5 Å². The molecular formula is C9H11NO2S. The Labute approximate surface area is 81.4 Å². The SMILES string of the molecule is CONC(=O)c1ccccc1SC. The summed E-state index contributed by atoms with van der Waals surface area (Å²) >= 11 is 1.53. The largest absolute Gasteiger partial charge is 0.277 e. The lowest BCUT2D eigenvalue weighted by Gasteiger charge is -2.05. The van der Waals surface area contributed by atoms with Crippen LogP contribution in [0.3, 0.4) is 0 Å². The maximum atomic E-state index is 11.4. The lowest BCUT2D eigenvalue weighted by molar-refractivity contribution is 0.0534. The van der Waals surface area contributed by atoms with E-state index in [2.05, 4.69) is 10.3 Å². The Bertz CT molecular complexity index is 301. The average Bonchev–Trinajstić information content (AvgIpc) is 2.18. The fourth-order valence-electron chi connectivity index (χ4n) is 0.980. The average molecular weight is 197 g/mol. The summed E-state index contributed by atoms with van der Waals surface area (Å²) in [4.78, 5) is 16.9. The van der Waals surface area contributed by atoms with Gasteiger partial charge in [0.05, 0.1) is 12.7 Å². The molecule has 1 amide bonds. The van der Waals surface area contributed by atoms with Crippen molar-refractivity contribution in [2.24, 2.45) is 0 Å². The lowest BCUT2D eigenvalue weighted by atomic mass is 10.2. The smallest absolute Gasteiger partial charge is 0.275 e. The van der Waals surface area contributed by atoms with Crippen LogP contribution < -0.4 is 5.48 Å². The molecule has 1 rings (SSSR count). The van der Waals surface area contributed by atoms with E-state index in [9.17, 15) is 4.79 Å². The predicted molar refractivity (Wildman–Crippen MR) is 52.7 cm³/mol. The van der Waals surface area contributed by atoms with Gasteiger partial charge in [0.2, 0.25) is 0 Å². The summed E-state index contributed by atoms with van der Waals surface area (Å²) in [7, 11) is 1.42. The number of rotatable bonds is 3. The lowest BCUT2D eigenvalue weighted by Crippen LogP contribution is -2.22. The number of nitrogens with one attached hydrogen (secondary N) is 1. The van der Waals surface area contributed by atoms with Crippen LogP contribution in [0.25, 0.3) is 0 Å². The standard InChI is InChI=1S/C9H11NO2S/c1-12-10-9(11)7-5-3-4-6-8(7)13-2/h3-6H,1-2H3,(H,10,11). The first-order valence-corrected chi connectivity index (χ1v) is 4.98. The molecule has 13 heavy (non-hydrogen) atoms. The molecule has 0 aliphatic carbocycles. The highest BCUT2D eigenvalue weighted by Gasteiger charge is 2.08. The van der Waals surface area contributed by atoms with Gasteiger partial charge in [-0.05, 0) is 18.4 Å². The van der Waals surface area contributed by atoms with Crippen molar-refractivity contribution in [1.29, 1.82) is 0 Å². The van der Waals surface area contributed by atoms with Crippen molar-refractivity contribution >= 4 is 17.7 Å². The number of hydrogen-bond acceptors (Lipinski definition) is 3. The summed E-state index contributed by atoms with van der Waals surface area (Å²) in [6.45, 7) is 0. The molecule has 0 bridgehead atoms. The highest BCUT2D eigenvalue weighted by atomic mass is 32.2. The molecule has 70 valence electrons. The zero-order chi connectivity index (χ0) is 9.68. The molecular weight excluding hydrogens is 186 g/mol. The molecule has 0 heterocycles. The van der Waals surface area contributed by atoms with Gasteiger partial charge in [-0.1, -0.05) is 12.1 Å². The van der Waals surface area contributed by atoms with E-state index in [-0.39, 0.29) is 5.91 Å². The van der Waals surface area contributed by atoms with Gasteiger partial charge in [-0.3, -0.25) is 9.63 Å². The van der Waals surface area contributed by atoms with Crippen molar-refractivity contribution in [3.8, 4) is 0 Å². The second-order valence-corrected chi connectivity index (χ2v) is 3.18.